The molecule has 0 aliphatic carbocycles. The highest BCUT2D eigenvalue weighted by molar-refractivity contribution is 6.02. The number of amides is 2. The summed E-state index contributed by atoms with van der Waals surface area (Å²) in [6, 6.07) is 22.6. The van der Waals surface area contributed by atoms with Crippen LogP contribution in [0.5, 0.6) is 0 Å². The molecule has 0 radical (unpaired) electrons. The van der Waals surface area contributed by atoms with Crippen molar-refractivity contribution in [3.63, 3.8) is 0 Å². The van der Waals surface area contributed by atoms with Gasteiger partial charge in [-0.2, -0.15) is 0 Å². The Balaban J connectivity index is 1.16. The van der Waals surface area contributed by atoms with Gasteiger partial charge in [0.1, 0.15) is 0 Å². The predicted octanol–water partition coefficient (Wildman–Crippen LogP) is 2.66. The van der Waals surface area contributed by atoms with E-state index in [2.05, 4.69) is 25.3 Å². The quantitative estimate of drug-likeness (QED) is 0.654. The first-order valence-electron chi connectivity index (χ1n) is 11.2. The van der Waals surface area contributed by atoms with E-state index in [0.717, 1.165) is 56.3 Å². The normalized spacial score (nSPS) is 19.0. The molecule has 8 nitrogen and oxygen atoms in total. The van der Waals surface area contributed by atoms with Crippen LogP contribution >= 0.6 is 0 Å². The summed E-state index contributed by atoms with van der Waals surface area (Å²) < 4.78 is 0. The molecule has 2 saturated heterocycles. The molecule has 2 fully saturated rings. The van der Waals surface area contributed by atoms with Gasteiger partial charge >= 0.3 is 0 Å². The van der Waals surface area contributed by atoms with Crippen LogP contribution in [0.25, 0.3) is 0 Å². The maximum Gasteiger partial charge on any atom is 0.276 e. The second-order valence-corrected chi connectivity index (χ2v) is 8.25. The Morgan fingerprint density at radius 3 is 2.18 bits per heavy atom. The van der Waals surface area contributed by atoms with E-state index in [4.69, 9.17) is 0 Å². The molecule has 0 saturated carbocycles. The van der Waals surface area contributed by atoms with Gasteiger partial charge in [-0.1, -0.05) is 36.4 Å². The van der Waals surface area contributed by atoms with E-state index in [9.17, 15) is 9.59 Å². The molecule has 1 atom stereocenters. The Kier molecular flexibility index (Phi) is 5.99. The van der Waals surface area contributed by atoms with E-state index < -0.39 is 0 Å². The van der Waals surface area contributed by atoms with Crippen molar-refractivity contribution in [2.45, 2.75) is 12.5 Å². The van der Waals surface area contributed by atoms with Gasteiger partial charge < -0.3 is 15.1 Å². The molecule has 1 aromatic heterocycles. The van der Waals surface area contributed by atoms with Gasteiger partial charge in [-0.25, -0.2) is 0 Å². The minimum Gasteiger partial charge on any atom is -0.353 e. The number of nitrogens with one attached hydrogen (secondary N) is 1. The molecule has 5 rings (SSSR count). The van der Waals surface area contributed by atoms with E-state index in [1.807, 2.05) is 71.6 Å². The lowest BCUT2D eigenvalue weighted by atomic mass is 10.1. The summed E-state index contributed by atoms with van der Waals surface area (Å²) in [4.78, 5) is 31.7. The highest BCUT2D eigenvalue weighted by Gasteiger charge is 2.37. The van der Waals surface area contributed by atoms with E-state index in [1.54, 1.807) is 6.07 Å². The number of benzene rings is 2. The highest BCUT2D eigenvalue weighted by Crippen LogP contribution is 2.25. The summed E-state index contributed by atoms with van der Waals surface area (Å²) in [5.74, 6) is 0.644. The van der Waals surface area contributed by atoms with Crippen LogP contribution in [0.3, 0.4) is 0 Å². The van der Waals surface area contributed by atoms with Crippen molar-refractivity contribution in [2.75, 3.05) is 47.8 Å². The molecule has 0 spiro atoms. The first kappa shape index (κ1) is 21.1. The Hall–Kier alpha value is -3.78. The fraction of sp³-hybridized carbons (Fsp3) is 0.280. The SMILES string of the molecule is O=C(Nc1ccccc1)c1ccc(N2CCN([C@H]3CCN(c4ccccc4)C3=O)CC2)nn1. The van der Waals surface area contributed by atoms with Crippen LogP contribution in [0.2, 0.25) is 0 Å². The molecule has 2 aromatic carbocycles. The first-order chi connectivity index (χ1) is 16.2. The minimum atomic E-state index is -0.284. The topological polar surface area (TPSA) is 81.7 Å². The molecular formula is C25H26N6O2. The summed E-state index contributed by atoms with van der Waals surface area (Å²) >= 11 is 0. The second kappa shape index (κ2) is 9.38. The lowest BCUT2D eigenvalue weighted by Gasteiger charge is -2.37. The van der Waals surface area contributed by atoms with Crippen LogP contribution in [0.1, 0.15) is 16.9 Å². The molecule has 3 aromatic rings. The summed E-state index contributed by atoms with van der Waals surface area (Å²) in [6.07, 6.45) is 0.846. The first-order valence-corrected chi connectivity index (χ1v) is 11.2. The highest BCUT2D eigenvalue weighted by atomic mass is 16.2. The second-order valence-electron chi connectivity index (χ2n) is 8.25. The van der Waals surface area contributed by atoms with Crippen molar-refractivity contribution in [1.82, 2.24) is 15.1 Å². The zero-order chi connectivity index (χ0) is 22.6. The van der Waals surface area contributed by atoms with Crippen LogP contribution < -0.4 is 15.1 Å². The average molecular weight is 443 g/mol. The monoisotopic (exact) mass is 442 g/mol. The number of para-hydroxylation sites is 2. The zero-order valence-corrected chi connectivity index (χ0v) is 18.3. The maximum atomic E-state index is 13.0. The van der Waals surface area contributed by atoms with Crippen LogP contribution in [-0.4, -0.2) is 65.7 Å². The Labute approximate surface area is 192 Å². The molecule has 8 heteroatoms. The Bertz CT molecular complexity index is 1100. The van der Waals surface area contributed by atoms with Gasteiger partial charge in [-0.15, -0.1) is 10.2 Å². The molecular weight excluding hydrogens is 416 g/mol. The van der Waals surface area contributed by atoms with Crippen LogP contribution in [0.4, 0.5) is 17.2 Å². The number of rotatable bonds is 5. The molecule has 2 aliphatic rings. The van der Waals surface area contributed by atoms with Gasteiger partial charge in [0.25, 0.3) is 5.91 Å². The number of nitrogens with zero attached hydrogens (tertiary/aromatic N) is 5. The number of anilines is 3. The average Bonchev–Trinajstić information content (AvgIpc) is 3.26. The molecule has 3 heterocycles. The summed E-state index contributed by atoms with van der Waals surface area (Å²) in [5, 5.41) is 11.2. The number of hydrogen-bond donors (Lipinski definition) is 1. The Morgan fingerprint density at radius 2 is 1.52 bits per heavy atom. The third kappa shape index (κ3) is 4.56. The Morgan fingerprint density at radius 1 is 0.818 bits per heavy atom. The molecule has 1 N–H and O–H groups in total. The summed E-state index contributed by atoms with van der Waals surface area (Å²) in [5.41, 5.74) is 1.96. The number of carbonyl (C=O) groups is 2. The van der Waals surface area contributed by atoms with Gasteiger partial charge in [-0.3, -0.25) is 14.5 Å². The molecule has 2 amide bonds. The number of piperazine rings is 1. The minimum absolute atomic E-state index is 0.0671. The zero-order valence-electron chi connectivity index (χ0n) is 18.3. The van der Waals surface area contributed by atoms with Crippen molar-refractivity contribution < 1.29 is 9.59 Å². The van der Waals surface area contributed by atoms with Crippen LogP contribution in [0.15, 0.2) is 72.8 Å². The molecule has 33 heavy (non-hydrogen) atoms. The number of carbonyl (C=O) groups excluding carboxylic acids is 2. The fourth-order valence-corrected chi connectivity index (χ4v) is 4.46. The van der Waals surface area contributed by atoms with Crippen molar-refractivity contribution in [3.05, 3.63) is 78.5 Å². The lowest BCUT2D eigenvalue weighted by Crippen LogP contribution is -2.52. The summed E-state index contributed by atoms with van der Waals surface area (Å²) in [6.45, 7) is 3.86. The fourth-order valence-electron chi connectivity index (χ4n) is 4.46. The molecule has 168 valence electrons. The van der Waals surface area contributed by atoms with E-state index in [0.29, 0.717) is 0 Å². The smallest absolute Gasteiger partial charge is 0.276 e. The van der Waals surface area contributed by atoms with Gasteiger partial charge in [0.15, 0.2) is 11.5 Å². The van der Waals surface area contributed by atoms with E-state index in [-0.39, 0.29) is 23.6 Å². The van der Waals surface area contributed by atoms with E-state index in [1.165, 1.54) is 0 Å². The van der Waals surface area contributed by atoms with Gasteiger partial charge in [-0.05, 0) is 42.8 Å². The summed E-state index contributed by atoms with van der Waals surface area (Å²) in [7, 11) is 0. The molecule has 0 unspecified atom stereocenters. The predicted molar refractivity (Wildman–Crippen MR) is 127 cm³/mol. The third-order valence-electron chi connectivity index (χ3n) is 6.24. The third-order valence-corrected chi connectivity index (χ3v) is 6.24. The van der Waals surface area contributed by atoms with Gasteiger partial charge in [0, 0.05) is 44.1 Å². The maximum absolute atomic E-state index is 13.0. The van der Waals surface area contributed by atoms with E-state index >= 15 is 0 Å². The van der Waals surface area contributed by atoms with Gasteiger partial charge in [0.05, 0.1) is 6.04 Å². The van der Waals surface area contributed by atoms with Crippen molar-refractivity contribution in [2.24, 2.45) is 0 Å². The van der Waals surface area contributed by atoms with Crippen LogP contribution in [0, 0.1) is 0 Å². The van der Waals surface area contributed by atoms with Crippen molar-refractivity contribution >= 4 is 29.0 Å². The van der Waals surface area contributed by atoms with Crippen LogP contribution in [-0.2, 0) is 4.79 Å². The van der Waals surface area contributed by atoms with Gasteiger partial charge in [0.2, 0.25) is 5.91 Å². The largest absolute Gasteiger partial charge is 0.353 e. The van der Waals surface area contributed by atoms with Crippen molar-refractivity contribution in [3.8, 4) is 0 Å². The van der Waals surface area contributed by atoms with Crippen molar-refractivity contribution in [1.29, 1.82) is 0 Å². The number of aromatic nitrogens is 2. The molecule has 2 aliphatic heterocycles. The lowest BCUT2D eigenvalue weighted by molar-refractivity contribution is -0.121. The molecule has 0 bridgehead atoms. The number of hydrogen-bond acceptors (Lipinski definition) is 6. The standard InChI is InChI=1S/C25H26N6O2/c32-24(26-19-7-3-1-4-8-19)21-11-12-23(28-27-21)30-17-15-29(16-18-30)22-13-14-31(25(22)33)20-9-5-2-6-10-20/h1-12,22H,13-18H2,(H,26,32)/t22-/m0/s1.